The minimum absolute atomic E-state index is 0.0322. The molecule has 7 aliphatic heterocycles. The molecule has 0 radical (unpaired) electrons. The van der Waals surface area contributed by atoms with Crippen molar-refractivity contribution in [2.24, 2.45) is 0 Å². The molecule has 0 aliphatic carbocycles. The lowest BCUT2D eigenvalue weighted by Gasteiger charge is -2.60. The van der Waals surface area contributed by atoms with Gasteiger partial charge < -0.3 is 33.8 Å². The average Bonchev–Trinajstić information content (AvgIpc) is 3.78. The second-order valence-electron chi connectivity index (χ2n) is 15.2. The summed E-state index contributed by atoms with van der Waals surface area (Å²) in [5.74, 6) is 1.78. The molecule has 8 heterocycles. The molecule has 53 heavy (non-hydrogen) atoms. The number of fused-ring (bicyclic) bond motifs is 11. The van der Waals surface area contributed by atoms with Gasteiger partial charge in [-0.1, -0.05) is 24.3 Å². The van der Waals surface area contributed by atoms with E-state index in [0.717, 1.165) is 62.8 Å². The van der Waals surface area contributed by atoms with Gasteiger partial charge in [-0.25, -0.2) is 4.79 Å². The summed E-state index contributed by atoms with van der Waals surface area (Å²) < 4.78 is 30.8. The van der Waals surface area contributed by atoms with Crippen molar-refractivity contribution in [1.29, 1.82) is 0 Å². The van der Waals surface area contributed by atoms with Gasteiger partial charge in [0, 0.05) is 71.0 Å². The summed E-state index contributed by atoms with van der Waals surface area (Å²) in [6.07, 6.45) is 1.51. The van der Waals surface area contributed by atoms with E-state index in [-0.39, 0.29) is 48.5 Å². The number of nitrogens with one attached hydrogen (secondary N) is 2. The van der Waals surface area contributed by atoms with Crippen molar-refractivity contribution >= 4 is 34.6 Å². The first-order valence-electron chi connectivity index (χ1n) is 18.3. The fourth-order valence-electron chi connectivity index (χ4n) is 10.3. The van der Waals surface area contributed by atoms with E-state index in [4.69, 9.17) is 23.7 Å². The molecule has 4 unspecified atom stereocenters. The first-order chi connectivity index (χ1) is 25.6. The number of aryl methyl sites for hydroxylation is 1. The normalized spacial score (nSPS) is 28.5. The fourth-order valence-corrected chi connectivity index (χ4v) is 12.0. The van der Waals surface area contributed by atoms with E-state index in [1.165, 1.54) is 6.92 Å². The van der Waals surface area contributed by atoms with Crippen LogP contribution in [0.4, 0.5) is 0 Å². The number of methoxy groups -OCH3 is 1. The minimum Gasteiger partial charge on any atom is -0.504 e. The molecule has 1 spiro atoms. The van der Waals surface area contributed by atoms with Crippen molar-refractivity contribution < 1.29 is 38.4 Å². The molecule has 7 aliphatic rings. The Kier molecular flexibility index (Phi) is 7.37. The first kappa shape index (κ1) is 33.2. The highest BCUT2D eigenvalue weighted by molar-refractivity contribution is 7.99. The Morgan fingerprint density at radius 1 is 1.09 bits per heavy atom. The maximum Gasteiger partial charge on any atom is 0.333 e. The van der Waals surface area contributed by atoms with Crippen LogP contribution in [0.1, 0.15) is 68.9 Å². The van der Waals surface area contributed by atoms with Gasteiger partial charge in [-0.3, -0.25) is 19.9 Å². The maximum atomic E-state index is 14.7. The van der Waals surface area contributed by atoms with Gasteiger partial charge in [0.1, 0.15) is 12.4 Å². The third-order valence-electron chi connectivity index (χ3n) is 12.6. The molecular weight excluding hydrogens is 697 g/mol. The van der Waals surface area contributed by atoms with Gasteiger partial charge in [-0.05, 0) is 56.5 Å². The molecule has 1 aromatic heterocycles. The summed E-state index contributed by atoms with van der Waals surface area (Å²) in [6.45, 7) is 6.65. The topological polar surface area (TPSA) is 135 Å². The number of H-pyrrole nitrogens is 1. The number of piperazine rings is 1. The van der Waals surface area contributed by atoms with E-state index < -0.39 is 17.6 Å². The zero-order valence-electron chi connectivity index (χ0n) is 30.3. The molecule has 3 aromatic carbocycles. The SMILES string of the molecule is COc1c(C)cc2c(c1O)C1C3C4SC[C@]5(NCCc6c5[nH]c5ccccc65)C(=O)OC[C@H](c5c6c(c(C)c(OC(C)=O)c54)OCO6)N3CC(C2)N1C. The number of esters is 2. The molecule has 4 aromatic rings. The van der Waals surface area contributed by atoms with Crippen LogP contribution >= 0.6 is 11.8 Å². The van der Waals surface area contributed by atoms with E-state index >= 15 is 0 Å². The number of phenols is 1. The fraction of sp³-hybridized carbons (Fsp3) is 0.450. The van der Waals surface area contributed by atoms with Crippen LogP contribution in [0.15, 0.2) is 30.3 Å². The number of hydrogen-bond acceptors (Lipinski definition) is 12. The molecule has 12 nitrogen and oxygen atoms in total. The van der Waals surface area contributed by atoms with Crippen LogP contribution in [-0.4, -0.2) is 90.3 Å². The van der Waals surface area contributed by atoms with Gasteiger partial charge in [0.15, 0.2) is 28.5 Å². The van der Waals surface area contributed by atoms with Gasteiger partial charge in [-0.15, -0.1) is 11.8 Å². The predicted octanol–water partition coefficient (Wildman–Crippen LogP) is 4.86. The number of nitrogens with zero attached hydrogens (tertiary/aromatic N) is 2. The number of thioether (sulfide) groups is 1. The molecule has 13 heteroatoms. The number of hydrogen-bond donors (Lipinski definition) is 3. The number of aromatic amines is 1. The van der Waals surface area contributed by atoms with Crippen molar-refractivity contribution in [3.8, 4) is 28.7 Å². The number of aromatic hydroxyl groups is 1. The van der Waals surface area contributed by atoms with Crippen molar-refractivity contribution in [3.05, 3.63) is 75.0 Å². The summed E-state index contributed by atoms with van der Waals surface area (Å²) in [5, 5.41) is 16.4. The van der Waals surface area contributed by atoms with Crippen molar-refractivity contribution in [3.63, 3.8) is 0 Å². The number of rotatable bonds is 2. The Bertz CT molecular complexity index is 2260. The lowest BCUT2D eigenvalue weighted by molar-refractivity contribution is -0.156. The Morgan fingerprint density at radius 2 is 1.91 bits per heavy atom. The highest BCUT2D eigenvalue weighted by Crippen LogP contribution is 2.63. The number of ether oxygens (including phenoxy) is 5. The van der Waals surface area contributed by atoms with Gasteiger partial charge >= 0.3 is 11.9 Å². The van der Waals surface area contributed by atoms with Gasteiger partial charge in [-0.2, -0.15) is 0 Å². The Labute approximate surface area is 311 Å². The first-order valence-corrected chi connectivity index (χ1v) is 19.3. The summed E-state index contributed by atoms with van der Waals surface area (Å²) >= 11 is 1.65. The summed E-state index contributed by atoms with van der Waals surface area (Å²) in [4.78, 5) is 36.1. The van der Waals surface area contributed by atoms with Crippen LogP contribution in [0.5, 0.6) is 28.7 Å². The molecular formula is C40H42N4O8S. The van der Waals surface area contributed by atoms with Crippen LogP contribution in [0.2, 0.25) is 0 Å². The quantitative estimate of drug-likeness (QED) is 0.192. The molecule has 0 saturated carbocycles. The number of carbonyl (C=O) groups is 2. The standard InChI is InChI=1S/C40H42N4O8S/c1-18-12-21-13-22-14-44-26-15-49-39(47)40(38-24(10-11-41-40)23-8-6-7-9-25(23)42-38)16-53-37(31(44)30(43(22)4)27(21)32(46)33(18)48-5)29-28(26)36-35(50-17-51-36)19(2)34(29)52-20(3)45/h6-9,12,22,26,30-31,37,41-42,46H,10-11,13-17H2,1-5H3/t22?,26-,30?,31?,37?,40-/m1/s1. The molecule has 2 fully saturated rings. The summed E-state index contributed by atoms with van der Waals surface area (Å²) in [7, 11) is 3.73. The summed E-state index contributed by atoms with van der Waals surface area (Å²) in [5.41, 5.74) is 6.97. The third kappa shape index (κ3) is 4.48. The monoisotopic (exact) mass is 738 g/mol. The molecule has 0 amide bonds. The third-order valence-corrected chi connectivity index (χ3v) is 14.0. The average molecular weight is 739 g/mol. The summed E-state index contributed by atoms with van der Waals surface area (Å²) in [6, 6.07) is 9.47. The number of benzene rings is 3. The molecule has 3 N–H and O–H groups in total. The largest absolute Gasteiger partial charge is 0.504 e. The van der Waals surface area contributed by atoms with E-state index in [1.807, 2.05) is 32.0 Å². The molecule has 6 atom stereocenters. The lowest BCUT2D eigenvalue weighted by Crippen LogP contribution is -2.65. The lowest BCUT2D eigenvalue weighted by atomic mass is 9.73. The van der Waals surface area contributed by atoms with Crippen LogP contribution in [-0.2, 0) is 32.7 Å². The van der Waals surface area contributed by atoms with Crippen LogP contribution in [0.25, 0.3) is 10.9 Å². The Balaban J connectivity index is 1.23. The van der Waals surface area contributed by atoms with E-state index in [2.05, 4.69) is 39.3 Å². The van der Waals surface area contributed by atoms with Crippen LogP contribution in [0, 0.1) is 13.8 Å². The maximum absolute atomic E-state index is 14.7. The number of para-hydroxylation sites is 1. The highest BCUT2D eigenvalue weighted by Gasteiger charge is 2.59. The smallest absolute Gasteiger partial charge is 0.333 e. The van der Waals surface area contributed by atoms with Crippen molar-refractivity contribution in [2.75, 3.05) is 46.4 Å². The van der Waals surface area contributed by atoms with E-state index in [9.17, 15) is 14.7 Å². The second kappa shape index (κ2) is 11.8. The highest BCUT2D eigenvalue weighted by atomic mass is 32.2. The number of aromatic nitrogens is 1. The van der Waals surface area contributed by atoms with Gasteiger partial charge in [0.2, 0.25) is 6.79 Å². The predicted molar refractivity (Wildman–Crippen MR) is 197 cm³/mol. The number of likely N-dealkylation sites (N-methyl/N-ethyl adjacent to an activating group) is 1. The second-order valence-corrected chi connectivity index (χ2v) is 16.3. The molecule has 2 saturated heterocycles. The van der Waals surface area contributed by atoms with E-state index in [0.29, 0.717) is 47.4 Å². The van der Waals surface area contributed by atoms with E-state index in [1.54, 1.807) is 18.9 Å². The van der Waals surface area contributed by atoms with Gasteiger partial charge in [0.05, 0.1) is 30.1 Å². The van der Waals surface area contributed by atoms with Crippen molar-refractivity contribution in [1.82, 2.24) is 20.1 Å². The molecule has 276 valence electrons. The van der Waals surface area contributed by atoms with Crippen molar-refractivity contribution in [2.45, 2.75) is 68.6 Å². The number of carbonyl (C=O) groups excluding carboxylic acids is 2. The zero-order valence-corrected chi connectivity index (χ0v) is 31.1. The minimum atomic E-state index is -1.16. The van der Waals surface area contributed by atoms with Crippen LogP contribution in [0.3, 0.4) is 0 Å². The zero-order chi connectivity index (χ0) is 36.5. The Morgan fingerprint density at radius 3 is 2.72 bits per heavy atom. The Hall–Kier alpha value is -4.43. The molecule has 4 bridgehead atoms. The molecule has 11 rings (SSSR count). The van der Waals surface area contributed by atoms with Crippen LogP contribution < -0.4 is 24.3 Å². The van der Waals surface area contributed by atoms with Gasteiger partial charge in [0.25, 0.3) is 0 Å². The number of phenolic OH excluding ortho intramolecular Hbond substituents is 1.